The van der Waals surface area contributed by atoms with E-state index in [4.69, 9.17) is 18.0 Å². The Bertz CT molecular complexity index is 319. The molecule has 2 N–H and O–H groups in total. The normalized spacial score (nSPS) is 10.3. The molecule has 16 heavy (non-hydrogen) atoms. The van der Waals surface area contributed by atoms with Gasteiger partial charge >= 0.3 is 0 Å². The van der Waals surface area contributed by atoms with Crippen molar-refractivity contribution >= 4 is 28.3 Å². The molecule has 1 aromatic rings. The third kappa shape index (κ3) is 5.52. The van der Waals surface area contributed by atoms with Gasteiger partial charge in [-0.15, -0.1) is 0 Å². The molecule has 3 heteroatoms. The SMILES string of the molecule is CCCCCCc1ccc(SC(N)=S)cc1. The van der Waals surface area contributed by atoms with Gasteiger partial charge in [0.15, 0.2) is 0 Å². The van der Waals surface area contributed by atoms with Crippen LogP contribution in [0.3, 0.4) is 0 Å². The van der Waals surface area contributed by atoms with Crippen molar-refractivity contribution in [2.75, 3.05) is 0 Å². The number of aryl methyl sites for hydroxylation is 1. The van der Waals surface area contributed by atoms with E-state index in [9.17, 15) is 0 Å². The fraction of sp³-hybridized carbons (Fsp3) is 0.462. The molecule has 0 heterocycles. The van der Waals surface area contributed by atoms with Crippen LogP contribution in [0.15, 0.2) is 29.2 Å². The lowest BCUT2D eigenvalue weighted by Gasteiger charge is -2.03. The Kier molecular flexibility index (Phi) is 6.50. The van der Waals surface area contributed by atoms with Crippen LogP contribution < -0.4 is 5.73 Å². The Morgan fingerprint density at radius 3 is 2.44 bits per heavy atom. The van der Waals surface area contributed by atoms with Gasteiger partial charge < -0.3 is 5.73 Å². The highest BCUT2D eigenvalue weighted by Crippen LogP contribution is 2.19. The molecule has 0 aliphatic carbocycles. The van der Waals surface area contributed by atoms with Crippen LogP contribution in [0.2, 0.25) is 0 Å². The van der Waals surface area contributed by atoms with Crippen LogP contribution in [0.1, 0.15) is 38.2 Å². The first-order valence-electron chi connectivity index (χ1n) is 5.78. The minimum absolute atomic E-state index is 0.482. The van der Waals surface area contributed by atoms with Gasteiger partial charge in [-0.1, -0.05) is 62.3 Å². The summed E-state index contributed by atoms with van der Waals surface area (Å²) in [5.41, 5.74) is 6.88. The van der Waals surface area contributed by atoms with Crippen LogP contribution in [0.25, 0.3) is 0 Å². The highest BCUT2D eigenvalue weighted by Gasteiger charge is 1.97. The number of hydrogen-bond donors (Lipinski definition) is 1. The molecule has 0 bridgehead atoms. The molecule has 0 saturated heterocycles. The summed E-state index contributed by atoms with van der Waals surface area (Å²) in [6, 6.07) is 8.54. The van der Waals surface area contributed by atoms with Crippen molar-refractivity contribution in [2.45, 2.75) is 43.9 Å². The van der Waals surface area contributed by atoms with Crippen molar-refractivity contribution in [3.8, 4) is 0 Å². The van der Waals surface area contributed by atoms with Gasteiger partial charge in [0.05, 0.1) is 0 Å². The molecule has 0 saturated carbocycles. The summed E-state index contributed by atoms with van der Waals surface area (Å²) >= 11 is 6.30. The summed E-state index contributed by atoms with van der Waals surface area (Å²) in [4.78, 5) is 1.13. The summed E-state index contributed by atoms with van der Waals surface area (Å²) < 4.78 is 0.482. The molecule has 0 amide bonds. The quantitative estimate of drug-likeness (QED) is 0.469. The van der Waals surface area contributed by atoms with Crippen LogP contribution in [0, 0.1) is 0 Å². The lowest BCUT2D eigenvalue weighted by atomic mass is 10.1. The molecular formula is C13H19NS2. The highest BCUT2D eigenvalue weighted by molar-refractivity contribution is 8.22. The second kappa shape index (κ2) is 7.69. The first-order chi connectivity index (χ1) is 7.72. The van der Waals surface area contributed by atoms with Gasteiger partial charge in [-0.3, -0.25) is 0 Å². The van der Waals surface area contributed by atoms with Crippen LogP contribution >= 0.6 is 24.0 Å². The molecule has 0 spiro atoms. The summed E-state index contributed by atoms with van der Waals surface area (Å²) in [6.45, 7) is 2.24. The van der Waals surface area contributed by atoms with Crippen molar-refractivity contribution in [1.29, 1.82) is 0 Å². The van der Waals surface area contributed by atoms with E-state index in [0.717, 1.165) is 4.90 Å². The molecule has 1 rings (SSSR count). The average molecular weight is 253 g/mol. The topological polar surface area (TPSA) is 26.0 Å². The lowest BCUT2D eigenvalue weighted by molar-refractivity contribution is 0.667. The van der Waals surface area contributed by atoms with Crippen molar-refractivity contribution in [1.82, 2.24) is 0 Å². The molecule has 0 aromatic heterocycles. The van der Waals surface area contributed by atoms with Gasteiger partial charge in [0.25, 0.3) is 0 Å². The van der Waals surface area contributed by atoms with Gasteiger partial charge in [-0.25, -0.2) is 0 Å². The zero-order valence-electron chi connectivity index (χ0n) is 9.74. The number of thioether (sulfide) groups is 1. The maximum Gasteiger partial charge on any atom is 0.135 e. The molecule has 0 aliphatic heterocycles. The zero-order valence-corrected chi connectivity index (χ0v) is 11.4. The Labute approximate surface area is 108 Å². The van der Waals surface area contributed by atoms with E-state index in [1.807, 2.05) is 0 Å². The molecule has 0 atom stereocenters. The van der Waals surface area contributed by atoms with Crippen LogP contribution in [0.4, 0.5) is 0 Å². The third-order valence-electron chi connectivity index (χ3n) is 2.46. The van der Waals surface area contributed by atoms with Crippen molar-refractivity contribution in [3.05, 3.63) is 29.8 Å². The first-order valence-corrected chi connectivity index (χ1v) is 7.01. The fourth-order valence-electron chi connectivity index (χ4n) is 1.60. The third-order valence-corrected chi connectivity index (χ3v) is 3.42. The van der Waals surface area contributed by atoms with Gasteiger partial charge in [-0.2, -0.15) is 0 Å². The van der Waals surface area contributed by atoms with E-state index in [1.165, 1.54) is 49.4 Å². The monoisotopic (exact) mass is 253 g/mol. The van der Waals surface area contributed by atoms with E-state index < -0.39 is 0 Å². The number of hydrogen-bond acceptors (Lipinski definition) is 2. The molecule has 88 valence electrons. The molecule has 1 nitrogen and oxygen atoms in total. The van der Waals surface area contributed by atoms with Crippen LogP contribution in [0.5, 0.6) is 0 Å². The van der Waals surface area contributed by atoms with Gasteiger partial charge in [0.1, 0.15) is 4.32 Å². The first kappa shape index (κ1) is 13.5. The maximum absolute atomic E-state index is 5.47. The second-order valence-electron chi connectivity index (χ2n) is 3.88. The average Bonchev–Trinajstić information content (AvgIpc) is 2.26. The predicted molar refractivity (Wildman–Crippen MR) is 76.9 cm³/mol. The van der Waals surface area contributed by atoms with E-state index in [2.05, 4.69) is 31.2 Å². The highest BCUT2D eigenvalue weighted by atomic mass is 32.2. The number of benzene rings is 1. The predicted octanol–water partition coefficient (Wildman–Crippen LogP) is 4.15. The molecule has 0 fully saturated rings. The lowest BCUT2D eigenvalue weighted by Crippen LogP contribution is -2.00. The largest absolute Gasteiger partial charge is 0.384 e. The fourth-order valence-corrected chi connectivity index (χ4v) is 2.39. The van der Waals surface area contributed by atoms with E-state index in [0.29, 0.717) is 4.32 Å². The molecular weight excluding hydrogens is 234 g/mol. The minimum atomic E-state index is 0.482. The Morgan fingerprint density at radius 2 is 1.88 bits per heavy atom. The Balaban J connectivity index is 2.36. The molecule has 0 radical (unpaired) electrons. The van der Waals surface area contributed by atoms with E-state index >= 15 is 0 Å². The summed E-state index contributed by atoms with van der Waals surface area (Å²) in [7, 11) is 0. The molecule has 1 aromatic carbocycles. The summed E-state index contributed by atoms with van der Waals surface area (Å²) in [6.07, 6.45) is 6.44. The van der Waals surface area contributed by atoms with Crippen LogP contribution in [-0.2, 0) is 6.42 Å². The Hall–Kier alpha value is -0.540. The number of thiocarbonyl (C=S) groups is 1. The number of nitrogens with two attached hydrogens (primary N) is 1. The van der Waals surface area contributed by atoms with Crippen molar-refractivity contribution in [3.63, 3.8) is 0 Å². The summed E-state index contributed by atoms with van der Waals surface area (Å²) in [5.74, 6) is 0. The standard InChI is InChI=1S/C13H19NS2/c1-2-3-4-5-6-11-7-9-12(10-8-11)16-13(14)15/h7-10H,2-6H2,1H3,(H2,14,15). The molecule has 0 aliphatic rings. The maximum atomic E-state index is 5.47. The Morgan fingerprint density at radius 1 is 1.19 bits per heavy atom. The second-order valence-corrected chi connectivity index (χ2v) is 5.69. The van der Waals surface area contributed by atoms with Gasteiger partial charge in [0.2, 0.25) is 0 Å². The van der Waals surface area contributed by atoms with E-state index in [1.54, 1.807) is 0 Å². The van der Waals surface area contributed by atoms with Crippen molar-refractivity contribution in [2.24, 2.45) is 5.73 Å². The molecule has 0 unspecified atom stereocenters. The number of rotatable bonds is 6. The van der Waals surface area contributed by atoms with Crippen LogP contribution in [-0.4, -0.2) is 4.32 Å². The van der Waals surface area contributed by atoms with Gasteiger partial charge in [-0.05, 0) is 30.5 Å². The van der Waals surface area contributed by atoms with Crippen molar-refractivity contribution < 1.29 is 0 Å². The number of unbranched alkanes of at least 4 members (excludes halogenated alkanes) is 3. The smallest absolute Gasteiger partial charge is 0.135 e. The zero-order chi connectivity index (χ0) is 11.8. The van der Waals surface area contributed by atoms with E-state index in [-0.39, 0.29) is 0 Å². The van der Waals surface area contributed by atoms with Gasteiger partial charge in [0, 0.05) is 4.90 Å². The summed E-state index contributed by atoms with van der Waals surface area (Å²) in [5, 5.41) is 0. The minimum Gasteiger partial charge on any atom is -0.384 e.